The van der Waals surface area contributed by atoms with Crippen LogP contribution in [0.15, 0.2) is 49.1 Å². The molecule has 1 aliphatic carbocycles. The number of nitrogens with zero attached hydrogens (tertiary/aromatic N) is 8. The van der Waals surface area contributed by atoms with Gasteiger partial charge in [0.2, 0.25) is 11.8 Å². The standard InChI is InChI=1S/C41H47N11O6/c1-24-4-2-6-30(45-24)38(54)47-26-20-27(21-26)51-23-44-35-36(42-22-43-37(35)51)46-25-10-14-49(15-11-25)18-19-58-28-12-16-50(17-13-28)31-7-3-5-29-34(31)41(57)52(40(29)56)32-8-9-33(53)48-39(32)55/h2-7,22-23,25-28,32H,8-21H2,1H3,(H,47,54)(H,42,43,46)(H,48,53,55). The Bertz CT molecular complexity index is 2260. The van der Waals surface area contributed by atoms with Crippen LogP contribution >= 0.6 is 0 Å². The number of aromatic nitrogens is 5. The number of carbonyl (C=O) groups excluding carboxylic acids is 5. The number of nitrogens with one attached hydrogen (secondary N) is 3. The van der Waals surface area contributed by atoms with Gasteiger partial charge in [-0.05, 0) is 76.1 Å². The van der Waals surface area contributed by atoms with Gasteiger partial charge in [-0.3, -0.25) is 34.2 Å². The first-order valence-electron chi connectivity index (χ1n) is 20.3. The third-order valence-corrected chi connectivity index (χ3v) is 12.2. The number of fused-ring (bicyclic) bond motifs is 2. The van der Waals surface area contributed by atoms with E-state index in [1.165, 1.54) is 0 Å². The van der Waals surface area contributed by atoms with Crippen LogP contribution in [0.5, 0.6) is 0 Å². The molecule has 3 saturated heterocycles. The van der Waals surface area contributed by atoms with Crippen LogP contribution in [0.3, 0.4) is 0 Å². The molecule has 5 aliphatic rings. The number of ether oxygens (including phenoxy) is 1. The van der Waals surface area contributed by atoms with Crippen LogP contribution in [0.1, 0.15) is 94.3 Å². The number of imide groups is 2. The number of hydrogen-bond donors (Lipinski definition) is 3. The van der Waals surface area contributed by atoms with E-state index in [1.807, 2.05) is 31.5 Å². The zero-order valence-corrected chi connectivity index (χ0v) is 32.4. The smallest absolute Gasteiger partial charge is 0.270 e. The lowest BCUT2D eigenvalue weighted by Crippen LogP contribution is -2.54. The molecule has 58 heavy (non-hydrogen) atoms. The van der Waals surface area contributed by atoms with E-state index < -0.39 is 29.7 Å². The summed E-state index contributed by atoms with van der Waals surface area (Å²) in [6.45, 7) is 6.60. The molecule has 4 aliphatic heterocycles. The van der Waals surface area contributed by atoms with Crippen molar-refractivity contribution in [2.75, 3.05) is 49.5 Å². The number of anilines is 2. The van der Waals surface area contributed by atoms with Gasteiger partial charge < -0.3 is 29.7 Å². The van der Waals surface area contributed by atoms with Gasteiger partial charge in [-0.2, -0.15) is 0 Å². The summed E-state index contributed by atoms with van der Waals surface area (Å²) in [5.74, 6) is -1.39. The Labute approximate surface area is 334 Å². The van der Waals surface area contributed by atoms with Gasteiger partial charge in [0.05, 0.1) is 35.9 Å². The Morgan fingerprint density at radius 2 is 1.69 bits per heavy atom. The predicted octanol–water partition coefficient (Wildman–Crippen LogP) is 2.63. The molecule has 1 saturated carbocycles. The number of hydrogen-bond acceptors (Lipinski definition) is 13. The molecular formula is C41H47N11O6. The van der Waals surface area contributed by atoms with Crippen LogP contribution in [-0.4, -0.2) is 127 Å². The molecule has 0 radical (unpaired) electrons. The summed E-state index contributed by atoms with van der Waals surface area (Å²) in [6, 6.07) is 10.3. The van der Waals surface area contributed by atoms with Gasteiger partial charge >= 0.3 is 0 Å². The predicted molar refractivity (Wildman–Crippen MR) is 211 cm³/mol. The summed E-state index contributed by atoms with van der Waals surface area (Å²) in [5.41, 5.74) is 4.12. The second-order valence-corrected chi connectivity index (χ2v) is 16.0. The molecule has 17 nitrogen and oxygen atoms in total. The van der Waals surface area contributed by atoms with Crippen molar-refractivity contribution in [1.29, 1.82) is 0 Å². The third-order valence-electron chi connectivity index (χ3n) is 12.2. The first kappa shape index (κ1) is 37.7. The van der Waals surface area contributed by atoms with Gasteiger partial charge in [-0.1, -0.05) is 12.1 Å². The lowest BCUT2D eigenvalue weighted by molar-refractivity contribution is -0.136. The largest absolute Gasteiger partial charge is 0.377 e. The van der Waals surface area contributed by atoms with Crippen molar-refractivity contribution < 1.29 is 28.7 Å². The van der Waals surface area contributed by atoms with Crippen molar-refractivity contribution >= 4 is 52.2 Å². The molecule has 1 aromatic carbocycles. The second-order valence-electron chi connectivity index (χ2n) is 16.0. The Balaban J connectivity index is 0.709. The van der Waals surface area contributed by atoms with Crippen LogP contribution in [-0.2, 0) is 14.3 Å². The van der Waals surface area contributed by atoms with E-state index in [0.29, 0.717) is 42.2 Å². The number of amides is 5. The molecule has 9 rings (SSSR count). The van der Waals surface area contributed by atoms with Gasteiger partial charge in [0, 0.05) is 63.0 Å². The molecule has 3 aromatic heterocycles. The van der Waals surface area contributed by atoms with Crippen molar-refractivity contribution in [3.8, 4) is 0 Å². The van der Waals surface area contributed by atoms with E-state index in [4.69, 9.17) is 9.72 Å². The summed E-state index contributed by atoms with van der Waals surface area (Å²) >= 11 is 0. The molecule has 5 amide bonds. The van der Waals surface area contributed by atoms with Gasteiger partial charge in [0.15, 0.2) is 11.5 Å². The summed E-state index contributed by atoms with van der Waals surface area (Å²) in [5, 5.41) is 8.99. The van der Waals surface area contributed by atoms with E-state index in [-0.39, 0.29) is 43.0 Å². The monoisotopic (exact) mass is 789 g/mol. The van der Waals surface area contributed by atoms with E-state index in [0.717, 1.165) is 85.7 Å². The molecule has 0 spiro atoms. The van der Waals surface area contributed by atoms with E-state index in [9.17, 15) is 24.0 Å². The fraction of sp³-hybridized carbons (Fsp3) is 0.488. The number of likely N-dealkylation sites (tertiary alicyclic amines) is 1. The van der Waals surface area contributed by atoms with E-state index in [2.05, 4.69) is 45.3 Å². The highest BCUT2D eigenvalue weighted by Crippen LogP contribution is 2.37. The second kappa shape index (κ2) is 15.9. The highest BCUT2D eigenvalue weighted by molar-refractivity contribution is 6.25. The van der Waals surface area contributed by atoms with Crippen molar-refractivity contribution in [1.82, 2.24) is 44.9 Å². The van der Waals surface area contributed by atoms with Crippen LogP contribution in [0.4, 0.5) is 11.5 Å². The highest BCUT2D eigenvalue weighted by Gasteiger charge is 2.46. The Hall–Kier alpha value is -5.81. The lowest BCUT2D eigenvalue weighted by Gasteiger charge is -2.36. The quantitative estimate of drug-likeness (QED) is 0.188. The number of piperidine rings is 3. The zero-order valence-electron chi connectivity index (χ0n) is 32.4. The fourth-order valence-corrected chi connectivity index (χ4v) is 8.95. The van der Waals surface area contributed by atoms with Crippen molar-refractivity contribution in [2.45, 2.75) is 88.6 Å². The van der Waals surface area contributed by atoms with Gasteiger partial charge in [-0.15, -0.1) is 0 Å². The fourth-order valence-electron chi connectivity index (χ4n) is 8.95. The number of aryl methyl sites for hydroxylation is 1. The molecule has 1 atom stereocenters. The molecule has 3 N–H and O–H groups in total. The molecule has 1 unspecified atom stereocenters. The maximum absolute atomic E-state index is 13.6. The lowest BCUT2D eigenvalue weighted by atomic mass is 9.86. The van der Waals surface area contributed by atoms with Crippen molar-refractivity contribution in [3.63, 3.8) is 0 Å². The minimum Gasteiger partial charge on any atom is -0.377 e. The molecular weight excluding hydrogens is 743 g/mol. The maximum atomic E-state index is 13.6. The van der Waals surface area contributed by atoms with Crippen LogP contribution in [0.2, 0.25) is 0 Å². The SMILES string of the molecule is Cc1cccc(C(=O)NC2CC(n3cnc4c(NC5CCN(CCOC6CCN(c7cccc8c7C(=O)N(C7CCC(=O)NC7=O)C8=O)CC6)CC5)ncnc43)C2)n1. The first-order valence-corrected chi connectivity index (χ1v) is 20.3. The molecule has 4 aromatic rings. The average Bonchev–Trinajstić information content (AvgIpc) is 3.75. The Morgan fingerprint density at radius 1 is 0.897 bits per heavy atom. The van der Waals surface area contributed by atoms with Crippen molar-refractivity contribution in [2.24, 2.45) is 0 Å². The molecule has 7 heterocycles. The van der Waals surface area contributed by atoms with E-state index >= 15 is 0 Å². The first-order chi connectivity index (χ1) is 28.2. The van der Waals surface area contributed by atoms with Gasteiger partial charge in [0.25, 0.3) is 17.7 Å². The molecule has 0 bridgehead atoms. The third kappa shape index (κ3) is 7.39. The van der Waals surface area contributed by atoms with Gasteiger partial charge in [0.1, 0.15) is 23.6 Å². The van der Waals surface area contributed by atoms with Crippen molar-refractivity contribution in [3.05, 3.63) is 71.6 Å². The molecule has 4 fully saturated rings. The maximum Gasteiger partial charge on any atom is 0.270 e. The highest BCUT2D eigenvalue weighted by atomic mass is 16.5. The number of pyridine rings is 1. The number of rotatable bonds is 11. The normalized spacial score (nSPS) is 23.2. The topological polar surface area (TPSA) is 197 Å². The summed E-state index contributed by atoms with van der Waals surface area (Å²) in [4.78, 5) is 87.5. The minimum atomic E-state index is -0.988. The average molecular weight is 790 g/mol. The summed E-state index contributed by atoms with van der Waals surface area (Å²) in [7, 11) is 0. The van der Waals surface area contributed by atoms with Crippen LogP contribution < -0.4 is 20.9 Å². The number of carbonyl (C=O) groups is 5. The van der Waals surface area contributed by atoms with Gasteiger partial charge in [-0.25, -0.2) is 19.9 Å². The number of imidazole rings is 1. The Kier molecular flexibility index (Phi) is 10.3. The Morgan fingerprint density at radius 3 is 2.47 bits per heavy atom. The molecule has 17 heteroatoms. The summed E-state index contributed by atoms with van der Waals surface area (Å²) < 4.78 is 8.43. The van der Waals surface area contributed by atoms with Crippen LogP contribution in [0, 0.1) is 6.92 Å². The molecule has 302 valence electrons. The van der Waals surface area contributed by atoms with Crippen LogP contribution in [0.25, 0.3) is 11.2 Å². The minimum absolute atomic E-state index is 0.0752. The number of benzene rings is 1. The zero-order chi connectivity index (χ0) is 39.9. The van der Waals surface area contributed by atoms with E-state index in [1.54, 1.807) is 24.5 Å². The summed E-state index contributed by atoms with van der Waals surface area (Å²) in [6.07, 6.45) is 8.85.